The molecule has 2 heterocycles. The number of anilines is 2. The average Bonchev–Trinajstić information content (AvgIpc) is 3.11. The number of hydrogen-bond acceptors (Lipinski definition) is 6. The maximum absolute atomic E-state index is 12.8. The van der Waals surface area contributed by atoms with Crippen molar-refractivity contribution in [2.24, 2.45) is 7.05 Å². The number of ketones is 1. The first-order chi connectivity index (χ1) is 12.9. The predicted octanol–water partition coefficient (Wildman–Crippen LogP) is 3.32. The molecule has 0 fully saturated rings. The number of nitrogens with zero attached hydrogens (tertiary/aromatic N) is 1. The van der Waals surface area contributed by atoms with Crippen molar-refractivity contribution in [3.63, 3.8) is 0 Å². The number of aliphatic hydroxyl groups is 1. The highest BCUT2D eigenvalue weighted by Crippen LogP contribution is 2.31. The lowest BCUT2D eigenvalue weighted by Crippen LogP contribution is -2.24. The van der Waals surface area contributed by atoms with Gasteiger partial charge in [-0.15, -0.1) is 0 Å². The first-order valence-electron chi connectivity index (χ1n) is 7.98. The van der Waals surface area contributed by atoms with Gasteiger partial charge in [0.05, 0.1) is 35.6 Å². The van der Waals surface area contributed by atoms with Crippen molar-refractivity contribution in [1.82, 2.24) is 4.57 Å². The molecule has 1 aromatic carbocycles. The fourth-order valence-corrected chi connectivity index (χ4v) is 3.56. The highest BCUT2D eigenvalue weighted by atomic mass is 127. The van der Waals surface area contributed by atoms with Crippen molar-refractivity contribution in [3.05, 3.63) is 55.0 Å². The second-order valence-corrected chi connectivity index (χ2v) is 7.35. The minimum absolute atomic E-state index is 0.0323. The van der Waals surface area contributed by atoms with E-state index < -0.39 is 0 Å². The number of ether oxygens (including phenoxy) is 1. The van der Waals surface area contributed by atoms with E-state index in [1.807, 2.05) is 6.07 Å². The van der Waals surface area contributed by atoms with Gasteiger partial charge in [0.15, 0.2) is 11.4 Å². The summed E-state index contributed by atoms with van der Waals surface area (Å²) < 4.78 is 12.9. The lowest BCUT2D eigenvalue weighted by Gasteiger charge is -2.17. The molecule has 0 amide bonds. The molecular formula is C18H16ClIN2O5. The summed E-state index contributed by atoms with van der Waals surface area (Å²) >= 11 is 8.43. The molecule has 2 N–H and O–H groups in total. The van der Waals surface area contributed by atoms with Crippen molar-refractivity contribution in [1.29, 1.82) is 0 Å². The van der Waals surface area contributed by atoms with Crippen molar-refractivity contribution in [2.45, 2.75) is 0 Å². The van der Waals surface area contributed by atoms with Crippen LogP contribution in [0.4, 0.5) is 11.5 Å². The Bertz CT molecular complexity index is 1060. The number of fused-ring (bicyclic) bond motifs is 1. The van der Waals surface area contributed by atoms with Gasteiger partial charge in [-0.05, 0) is 46.9 Å². The van der Waals surface area contributed by atoms with Crippen LogP contribution in [-0.2, 0) is 11.8 Å². The number of furan rings is 1. The van der Waals surface area contributed by atoms with Crippen LogP contribution in [0.15, 0.2) is 39.7 Å². The first-order valence-corrected chi connectivity index (χ1v) is 9.43. The molecule has 0 spiro atoms. The van der Waals surface area contributed by atoms with Crippen LogP contribution in [0.2, 0.25) is 5.02 Å². The van der Waals surface area contributed by atoms with Gasteiger partial charge in [-0.3, -0.25) is 14.2 Å². The summed E-state index contributed by atoms with van der Waals surface area (Å²) in [7, 11) is 1.56. The molecule has 0 radical (unpaired) electrons. The zero-order valence-corrected chi connectivity index (χ0v) is 17.2. The molecule has 3 rings (SSSR count). The van der Waals surface area contributed by atoms with E-state index >= 15 is 0 Å². The fourth-order valence-electron chi connectivity index (χ4n) is 2.65. The van der Waals surface area contributed by atoms with Crippen LogP contribution in [0.5, 0.6) is 0 Å². The summed E-state index contributed by atoms with van der Waals surface area (Å²) in [4.78, 5) is 25.4. The molecule has 27 heavy (non-hydrogen) atoms. The Morgan fingerprint density at radius 1 is 1.41 bits per heavy atom. The molecule has 9 heteroatoms. The molecule has 7 nitrogen and oxygen atoms in total. The molecule has 2 aromatic heterocycles. The number of aromatic nitrogens is 1. The summed E-state index contributed by atoms with van der Waals surface area (Å²) in [5.41, 5.74) is 0.600. The standard InChI is InChI=1S/C18H16ClIN2O5/c1-22-17(21-13-3-2-10(20)8-12(13)19)15(14(24)9-26-7-5-23)16-11(18(22)25)4-6-27-16/h2-4,6,8,21,23H,5,7,9H2,1H3. The van der Waals surface area contributed by atoms with Crippen molar-refractivity contribution in [2.75, 3.05) is 25.1 Å². The molecule has 0 unspecified atom stereocenters. The number of carbonyl (C=O) groups is 1. The van der Waals surface area contributed by atoms with Gasteiger partial charge in [-0.1, -0.05) is 11.6 Å². The van der Waals surface area contributed by atoms with E-state index in [1.54, 1.807) is 19.2 Å². The molecule has 0 bridgehead atoms. The topological polar surface area (TPSA) is 93.7 Å². The summed E-state index contributed by atoms with van der Waals surface area (Å²) in [5, 5.41) is 12.7. The van der Waals surface area contributed by atoms with E-state index in [2.05, 4.69) is 27.9 Å². The number of nitrogens with one attached hydrogen (secondary N) is 1. The van der Waals surface area contributed by atoms with Crippen LogP contribution >= 0.6 is 34.2 Å². The molecule has 0 atom stereocenters. The molecule has 0 saturated carbocycles. The second kappa shape index (κ2) is 8.42. The zero-order chi connectivity index (χ0) is 19.6. The number of aliphatic hydroxyl groups excluding tert-OH is 1. The Morgan fingerprint density at radius 2 is 2.19 bits per heavy atom. The van der Waals surface area contributed by atoms with Gasteiger partial charge in [-0.2, -0.15) is 0 Å². The summed E-state index contributed by atoms with van der Waals surface area (Å²) in [6, 6.07) is 6.89. The Hall–Kier alpha value is -1.88. The average molecular weight is 503 g/mol. The monoisotopic (exact) mass is 502 g/mol. The van der Waals surface area contributed by atoms with Crippen molar-refractivity contribution < 1.29 is 19.1 Å². The van der Waals surface area contributed by atoms with Crippen LogP contribution in [0, 0.1) is 3.57 Å². The Kier molecular flexibility index (Phi) is 6.20. The molecular weight excluding hydrogens is 487 g/mol. The highest BCUT2D eigenvalue weighted by Gasteiger charge is 2.23. The van der Waals surface area contributed by atoms with Gasteiger partial charge in [-0.25, -0.2) is 0 Å². The van der Waals surface area contributed by atoms with E-state index in [4.69, 9.17) is 25.9 Å². The van der Waals surface area contributed by atoms with Gasteiger partial charge < -0.3 is 19.6 Å². The molecule has 0 aliphatic rings. The maximum atomic E-state index is 12.8. The third-order valence-electron chi connectivity index (χ3n) is 3.93. The molecule has 142 valence electrons. The summed E-state index contributed by atoms with van der Waals surface area (Å²) in [6.45, 7) is -0.422. The second-order valence-electron chi connectivity index (χ2n) is 5.70. The van der Waals surface area contributed by atoms with Crippen LogP contribution in [0.25, 0.3) is 11.0 Å². The van der Waals surface area contributed by atoms with Gasteiger partial charge in [0.1, 0.15) is 18.0 Å². The first kappa shape index (κ1) is 19.9. The lowest BCUT2D eigenvalue weighted by atomic mass is 10.1. The largest absolute Gasteiger partial charge is 0.463 e. The normalized spacial score (nSPS) is 11.1. The third-order valence-corrected chi connectivity index (χ3v) is 4.92. The van der Waals surface area contributed by atoms with E-state index in [0.29, 0.717) is 16.1 Å². The number of benzene rings is 1. The third kappa shape index (κ3) is 4.03. The Labute approximate surface area is 173 Å². The quantitative estimate of drug-likeness (QED) is 0.292. The maximum Gasteiger partial charge on any atom is 0.263 e. The number of hydrogen-bond donors (Lipinski definition) is 2. The van der Waals surface area contributed by atoms with Gasteiger partial charge in [0, 0.05) is 10.6 Å². The molecule has 3 aromatic rings. The minimum atomic E-state index is -0.386. The number of carbonyl (C=O) groups excluding carboxylic acids is 1. The Morgan fingerprint density at radius 3 is 2.89 bits per heavy atom. The highest BCUT2D eigenvalue weighted by molar-refractivity contribution is 14.1. The fraction of sp³-hybridized carbons (Fsp3) is 0.222. The number of pyridine rings is 1. The van der Waals surface area contributed by atoms with Gasteiger partial charge >= 0.3 is 0 Å². The number of rotatable bonds is 7. The predicted molar refractivity (Wildman–Crippen MR) is 111 cm³/mol. The van der Waals surface area contributed by atoms with Gasteiger partial charge in [0.2, 0.25) is 0 Å². The van der Waals surface area contributed by atoms with Gasteiger partial charge in [0.25, 0.3) is 5.56 Å². The smallest absolute Gasteiger partial charge is 0.263 e. The lowest BCUT2D eigenvalue weighted by molar-refractivity contribution is 0.0664. The number of Topliss-reactive ketones (excluding diaryl/α,β-unsaturated/α-hetero) is 1. The van der Waals surface area contributed by atoms with Crippen molar-refractivity contribution in [3.8, 4) is 0 Å². The zero-order valence-electron chi connectivity index (χ0n) is 14.3. The van der Waals surface area contributed by atoms with E-state index in [0.717, 1.165) is 3.57 Å². The number of halogens is 2. The van der Waals surface area contributed by atoms with E-state index in [-0.39, 0.29) is 48.1 Å². The van der Waals surface area contributed by atoms with E-state index in [1.165, 1.54) is 16.9 Å². The van der Waals surface area contributed by atoms with Crippen LogP contribution < -0.4 is 10.9 Å². The molecule has 0 aliphatic heterocycles. The van der Waals surface area contributed by atoms with Crippen LogP contribution in [0.1, 0.15) is 10.4 Å². The van der Waals surface area contributed by atoms with Crippen LogP contribution in [-0.4, -0.2) is 35.3 Å². The summed E-state index contributed by atoms with van der Waals surface area (Å²) in [5.74, 6) is -0.133. The van der Waals surface area contributed by atoms with Crippen molar-refractivity contribution >= 4 is 62.4 Å². The molecule has 0 saturated heterocycles. The minimum Gasteiger partial charge on any atom is -0.463 e. The SMILES string of the molecule is Cn1c(Nc2ccc(I)cc2Cl)c(C(=O)COCCO)c2occc2c1=O. The Balaban J connectivity index is 2.14. The molecule has 0 aliphatic carbocycles. The summed E-state index contributed by atoms with van der Waals surface area (Å²) in [6.07, 6.45) is 1.36. The van der Waals surface area contributed by atoms with E-state index in [9.17, 15) is 9.59 Å². The van der Waals surface area contributed by atoms with Crippen LogP contribution in [0.3, 0.4) is 0 Å².